The second-order valence-corrected chi connectivity index (χ2v) is 5.69. The molecule has 0 saturated carbocycles. The zero-order chi connectivity index (χ0) is 13.8. The normalized spacial score (nSPS) is 12.6. The molecule has 0 aliphatic carbocycles. The van der Waals surface area contributed by atoms with Gasteiger partial charge in [-0.2, -0.15) is 0 Å². The van der Waals surface area contributed by atoms with E-state index < -0.39 is 0 Å². The predicted octanol–water partition coefficient (Wildman–Crippen LogP) is 2.78. The minimum absolute atomic E-state index is 0.308. The number of aromatic amines is 1. The number of hydrogen-bond acceptors (Lipinski definition) is 4. The Morgan fingerprint density at radius 3 is 2.63 bits per heavy atom. The van der Waals surface area contributed by atoms with Crippen molar-refractivity contribution in [3.63, 3.8) is 0 Å². The number of benzene rings is 1. The minimum atomic E-state index is 0.308. The SMILES string of the molecule is CNC(CSc1n[nH]c(C)n1)c1ccc(C)c(C)c1. The Hall–Kier alpha value is -1.33. The highest BCUT2D eigenvalue weighted by molar-refractivity contribution is 7.99. The summed E-state index contributed by atoms with van der Waals surface area (Å²) >= 11 is 1.66. The molecule has 0 radical (unpaired) electrons. The lowest BCUT2D eigenvalue weighted by Crippen LogP contribution is -2.19. The summed E-state index contributed by atoms with van der Waals surface area (Å²) in [4.78, 5) is 4.31. The summed E-state index contributed by atoms with van der Waals surface area (Å²) in [5, 5.41) is 11.2. The molecule has 2 N–H and O–H groups in total. The van der Waals surface area contributed by atoms with Crippen LogP contribution in [0.25, 0.3) is 0 Å². The molecule has 102 valence electrons. The molecule has 0 fully saturated rings. The molecule has 1 aromatic carbocycles. The number of aryl methyl sites for hydroxylation is 3. The lowest BCUT2D eigenvalue weighted by Gasteiger charge is -2.16. The van der Waals surface area contributed by atoms with E-state index in [-0.39, 0.29) is 0 Å². The number of H-pyrrole nitrogens is 1. The predicted molar refractivity (Wildman–Crippen MR) is 79.6 cm³/mol. The van der Waals surface area contributed by atoms with Gasteiger partial charge in [0.25, 0.3) is 0 Å². The van der Waals surface area contributed by atoms with Crippen molar-refractivity contribution < 1.29 is 0 Å². The quantitative estimate of drug-likeness (QED) is 0.825. The van der Waals surface area contributed by atoms with Crippen molar-refractivity contribution in [3.8, 4) is 0 Å². The van der Waals surface area contributed by atoms with Crippen molar-refractivity contribution in [2.24, 2.45) is 0 Å². The third kappa shape index (κ3) is 3.58. The summed E-state index contributed by atoms with van der Waals surface area (Å²) in [6.07, 6.45) is 0. The maximum atomic E-state index is 4.31. The zero-order valence-corrected chi connectivity index (χ0v) is 12.6. The Morgan fingerprint density at radius 2 is 2.05 bits per heavy atom. The van der Waals surface area contributed by atoms with E-state index in [4.69, 9.17) is 0 Å². The molecule has 1 unspecified atom stereocenters. The average molecular weight is 276 g/mol. The topological polar surface area (TPSA) is 53.6 Å². The van der Waals surface area contributed by atoms with Crippen LogP contribution in [-0.4, -0.2) is 28.0 Å². The van der Waals surface area contributed by atoms with E-state index in [0.29, 0.717) is 6.04 Å². The fraction of sp³-hybridized carbons (Fsp3) is 0.429. The monoisotopic (exact) mass is 276 g/mol. The average Bonchev–Trinajstić information content (AvgIpc) is 2.80. The molecular weight excluding hydrogens is 256 g/mol. The van der Waals surface area contributed by atoms with Gasteiger partial charge in [-0.1, -0.05) is 30.0 Å². The van der Waals surface area contributed by atoms with Crippen LogP contribution in [0.15, 0.2) is 23.4 Å². The van der Waals surface area contributed by atoms with Crippen LogP contribution >= 0.6 is 11.8 Å². The summed E-state index contributed by atoms with van der Waals surface area (Å²) in [7, 11) is 1.99. The van der Waals surface area contributed by atoms with E-state index in [1.54, 1.807) is 11.8 Å². The largest absolute Gasteiger partial charge is 0.312 e. The highest BCUT2D eigenvalue weighted by Gasteiger charge is 2.12. The first-order valence-corrected chi connectivity index (χ1v) is 7.35. The third-order valence-electron chi connectivity index (χ3n) is 3.24. The molecule has 0 saturated heterocycles. The van der Waals surface area contributed by atoms with Crippen LogP contribution in [0.3, 0.4) is 0 Å². The lowest BCUT2D eigenvalue weighted by atomic mass is 10.0. The Morgan fingerprint density at radius 1 is 1.26 bits per heavy atom. The van der Waals surface area contributed by atoms with E-state index in [0.717, 1.165) is 16.7 Å². The molecule has 2 rings (SSSR count). The van der Waals surface area contributed by atoms with Crippen molar-refractivity contribution in [2.45, 2.75) is 32.0 Å². The molecule has 1 aromatic heterocycles. The van der Waals surface area contributed by atoms with Crippen molar-refractivity contribution in [1.82, 2.24) is 20.5 Å². The second kappa shape index (κ2) is 6.21. The van der Waals surface area contributed by atoms with Crippen LogP contribution < -0.4 is 5.32 Å². The summed E-state index contributed by atoms with van der Waals surface area (Å²) in [5.41, 5.74) is 3.97. The number of hydrogen-bond donors (Lipinski definition) is 2. The zero-order valence-electron chi connectivity index (χ0n) is 11.8. The van der Waals surface area contributed by atoms with Gasteiger partial charge >= 0.3 is 0 Å². The van der Waals surface area contributed by atoms with Crippen LogP contribution in [0.1, 0.15) is 28.6 Å². The van der Waals surface area contributed by atoms with Gasteiger partial charge in [0.1, 0.15) is 5.82 Å². The minimum Gasteiger partial charge on any atom is -0.312 e. The molecule has 1 atom stereocenters. The Labute approximate surface area is 118 Å². The fourth-order valence-electron chi connectivity index (χ4n) is 1.87. The molecule has 1 heterocycles. The lowest BCUT2D eigenvalue weighted by molar-refractivity contribution is 0.660. The Kier molecular flexibility index (Phi) is 4.61. The van der Waals surface area contributed by atoms with E-state index in [2.05, 4.69) is 52.5 Å². The fourth-order valence-corrected chi connectivity index (χ4v) is 2.86. The van der Waals surface area contributed by atoms with Gasteiger partial charge in [-0.15, -0.1) is 5.10 Å². The first-order chi connectivity index (χ1) is 9.10. The number of nitrogens with one attached hydrogen (secondary N) is 2. The van der Waals surface area contributed by atoms with Crippen LogP contribution in [0.4, 0.5) is 0 Å². The van der Waals surface area contributed by atoms with Crippen molar-refractivity contribution in [3.05, 3.63) is 40.7 Å². The molecule has 19 heavy (non-hydrogen) atoms. The summed E-state index contributed by atoms with van der Waals surface area (Å²) in [6, 6.07) is 6.92. The van der Waals surface area contributed by atoms with Crippen LogP contribution in [0.5, 0.6) is 0 Å². The van der Waals surface area contributed by atoms with Gasteiger partial charge in [-0.3, -0.25) is 5.10 Å². The molecule has 0 aliphatic rings. The van der Waals surface area contributed by atoms with Gasteiger partial charge in [-0.25, -0.2) is 4.98 Å². The molecule has 2 aromatic rings. The number of rotatable bonds is 5. The standard InChI is InChI=1S/C14H20N4S/c1-9-5-6-12(7-10(9)2)13(15-4)8-19-14-16-11(3)17-18-14/h5-7,13,15H,8H2,1-4H3,(H,16,17,18). The third-order valence-corrected chi connectivity index (χ3v) is 4.18. The first kappa shape index (κ1) is 14.1. The highest BCUT2D eigenvalue weighted by Crippen LogP contribution is 2.23. The Bertz CT molecular complexity index is 550. The molecule has 4 nitrogen and oxygen atoms in total. The summed E-state index contributed by atoms with van der Waals surface area (Å²) < 4.78 is 0. The summed E-state index contributed by atoms with van der Waals surface area (Å²) in [5.74, 6) is 1.77. The van der Waals surface area contributed by atoms with Crippen molar-refractivity contribution in [2.75, 3.05) is 12.8 Å². The van der Waals surface area contributed by atoms with Crippen LogP contribution in [0.2, 0.25) is 0 Å². The second-order valence-electron chi connectivity index (χ2n) is 4.70. The van der Waals surface area contributed by atoms with Crippen molar-refractivity contribution in [1.29, 1.82) is 0 Å². The van der Waals surface area contributed by atoms with E-state index >= 15 is 0 Å². The van der Waals surface area contributed by atoms with Crippen molar-refractivity contribution >= 4 is 11.8 Å². The van der Waals surface area contributed by atoms with E-state index in [9.17, 15) is 0 Å². The molecule has 5 heteroatoms. The number of thioether (sulfide) groups is 1. The maximum absolute atomic E-state index is 4.31. The first-order valence-electron chi connectivity index (χ1n) is 6.36. The smallest absolute Gasteiger partial charge is 0.208 e. The summed E-state index contributed by atoms with van der Waals surface area (Å²) in [6.45, 7) is 6.20. The number of nitrogens with zero attached hydrogens (tertiary/aromatic N) is 2. The Balaban J connectivity index is 2.05. The van der Waals surface area contributed by atoms with E-state index in [1.165, 1.54) is 16.7 Å². The molecular formula is C14H20N4S. The van der Waals surface area contributed by atoms with E-state index in [1.807, 2.05) is 14.0 Å². The highest BCUT2D eigenvalue weighted by atomic mass is 32.2. The van der Waals surface area contributed by atoms with Gasteiger partial charge in [0.2, 0.25) is 5.16 Å². The van der Waals surface area contributed by atoms with Crippen LogP contribution in [-0.2, 0) is 0 Å². The molecule has 0 aliphatic heterocycles. The molecule has 0 amide bonds. The van der Waals surface area contributed by atoms with Gasteiger partial charge in [0.05, 0.1) is 0 Å². The van der Waals surface area contributed by atoms with Gasteiger partial charge in [-0.05, 0) is 44.5 Å². The van der Waals surface area contributed by atoms with Crippen LogP contribution in [0, 0.1) is 20.8 Å². The molecule has 0 spiro atoms. The van der Waals surface area contributed by atoms with Gasteiger partial charge in [0, 0.05) is 11.8 Å². The van der Waals surface area contributed by atoms with Gasteiger partial charge < -0.3 is 5.32 Å². The maximum Gasteiger partial charge on any atom is 0.208 e. The molecule has 0 bridgehead atoms. The van der Waals surface area contributed by atoms with Gasteiger partial charge in [0.15, 0.2) is 0 Å². The number of aromatic nitrogens is 3.